The summed E-state index contributed by atoms with van der Waals surface area (Å²) in [6.45, 7) is 5.85. The SMILES string of the molecule is CC1CCC(N2CCN(c3ncccc3S(N)(=O)=O)CC2)CC1. The van der Waals surface area contributed by atoms with E-state index in [0.29, 0.717) is 11.9 Å². The minimum absolute atomic E-state index is 0.125. The van der Waals surface area contributed by atoms with E-state index < -0.39 is 10.0 Å². The first-order chi connectivity index (χ1) is 10.9. The van der Waals surface area contributed by atoms with Crippen LogP contribution in [-0.2, 0) is 10.0 Å². The van der Waals surface area contributed by atoms with Gasteiger partial charge >= 0.3 is 0 Å². The number of pyridine rings is 1. The maximum Gasteiger partial charge on any atom is 0.241 e. The van der Waals surface area contributed by atoms with Gasteiger partial charge in [0.25, 0.3) is 0 Å². The molecule has 1 aromatic rings. The van der Waals surface area contributed by atoms with Crippen molar-refractivity contribution in [3.05, 3.63) is 18.3 Å². The molecule has 0 unspecified atom stereocenters. The number of piperazine rings is 1. The summed E-state index contributed by atoms with van der Waals surface area (Å²) < 4.78 is 23.5. The molecular weight excluding hydrogens is 312 g/mol. The van der Waals surface area contributed by atoms with Crippen molar-refractivity contribution in [1.29, 1.82) is 0 Å². The quantitative estimate of drug-likeness (QED) is 0.902. The van der Waals surface area contributed by atoms with E-state index >= 15 is 0 Å². The number of rotatable bonds is 3. The summed E-state index contributed by atoms with van der Waals surface area (Å²) in [5, 5.41) is 5.32. The van der Waals surface area contributed by atoms with Crippen LogP contribution in [0, 0.1) is 5.92 Å². The summed E-state index contributed by atoms with van der Waals surface area (Å²) in [6.07, 6.45) is 6.83. The third kappa shape index (κ3) is 3.84. The third-order valence-corrected chi connectivity index (χ3v) is 6.10. The monoisotopic (exact) mass is 338 g/mol. The van der Waals surface area contributed by atoms with Gasteiger partial charge in [-0.15, -0.1) is 0 Å². The Morgan fingerprint density at radius 2 is 1.78 bits per heavy atom. The normalized spacial score (nSPS) is 27.1. The third-order valence-electron chi connectivity index (χ3n) is 5.17. The molecule has 2 aliphatic rings. The van der Waals surface area contributed by atoms with Gasteiger partial charge in [0.1, 0.15) is 10.7 Å². The Morgan fingerprint density at radius 3 is 2.39 bits per heavy atom. The van der Waals surface area contributed by atoms with E-state index in [9.17, 15) is 8.42 Å². The second-order valence-corrected chi connectivity index (χ2v) is 8.34. The van der Waals surface area contributed by atoms with Crippen LogP contribution in [0.2, 0.25) is 0 Å². The van der Waals surface area contributed by atoms with E-state index in [0.717, 1.165) is 32.1 Å². The van der Waals surface area contributed by atoms with Gasteiger partial charge in [-0.2, -0.15) is 0 Å². The predicted octanol–water partition coefficient (Wildman–Crippen LogP) is 1.43. The fourth-order valence-corrected chi connectivity index (χ4v) is 4.45. The van der Waals surface area contributed by atoms with Crippen LogP contribution >= 0.6 is 0 Å². The van der Waals surface area contributed by atoms with Gasteiger partial charge in [-0.25, -0.2) is 18.5 Å². The number of hydrogen-bond acceptors (Lipinski definition) is 5. The number of nitrogens with zero attached hydrogens (tertiary/aromatic N) is 3. The molecule has 1 aliphatic carbocycles. The van der Waals surface area contributed by atoms with E-state index in [4.69, 9.17) is 5.14 Å². The maximum absolute atomic E-state index is 11.7. The topological polar surface area (TPSA) is 79.5 Å². The first-order valence-electron chi connectivity index (χ1n) is 8.42. The van der Waals surface area contributed by atoms with Gasteiger partial charge in [-0.3, -0.25) is 4.90 Å². The highest BCUT2D eigenvalue weighted by Crippen LogP contribution is 2.29. The second-order valence-electron chi connectivity index (χ2n) is 6.81. The molecule has 7 heteroatoms. The van der Waals surface area contributed by atoms with Gasteiger partial charge in [-0.05, 0) is 43.7 Å². The lowest BCUT2D eigenvalue weighted by atomic mass is 9.86. The lowest BCUT2D eigenvalue weighted by Gasteiger charge is -2.42. The van der Waals surface area contributed by atoms with E-state index in [-0.39, 0.29) is 4.90 Å². The Kier molecular flexibility index (Phi) is 4.89. The van der Waals surface area contributed by atoms with Gasteiger partial charge in [0, 0.05) is 38.4 Å². The lowest BCUT2D eigenvalue weighted by molar-refractivity contribution is 0.132. The van der Waals surface area contributed by atoms with Crippen molar-refractivity contribution >= 4 is 15.8 Å². The number of hydrogen-bond donors (Lipinski definition) is 1. The molecule has 2 fully saturated rings. The summed E-state index contributed by atoms with van der Waals surface area (Å²) in [6, 6.07) is 3.84. The minimum Gasteiger partial charge on any atom is -0.353 e. The zero-order chi connectivity index (χ0) is 16.4. The smallest absolute Gasteiger partial charge is 0.241 e. The van der Waals surface area contributed by atoms with E-state index in [1.807, 2.05) is 4.90 Å². The Balaban J connectivity index is 1.66. The van der Waals surface area contributed by atoms with Gasteiger partial charge in [0.15, 0.2) is 0 Å². The van der Waals surface area contributed by atoms with Gasteiger partial charge in [0.05, 0.1) is 0 Å². The molecule has 0 aromatic carbocycles. The summed E-state index contributed by atoms with van der Waals surface area (Å²) in [7, 11) is -3.74. The van der Waals surface area contributed by atoms with Crippen LogP contribution < -0.4 is 10.0 Å². The van der Waals surface area contributed by atoms with Crippen LogP contribution in [0.4, 0.5) is 5.82 Å². The highest BCUT2D eigenvalue weighted by atomic mass is 32.2. The molecule has 0 bridgehead atoms. The number of sulfonamides is 1. The average Bonchev–Trinajstić information content (AvgIpc) is 2.55. The number of nitrogens with two attached hydrogens (primary N) is 1. The maximum atomic E-state index is 11.7. The Morgan fingerprint density at radius 1 is 1.13 bits per heavy atom. The van der Waals surface area contributed by atoms with Crippen molar-refractivity contribution in [2.24, 2.45) is 11.1 Å². The number of primary sulfonamides is 1. The molecule has 0 radical (unpaired) electrons. The highest BCUT2D eigenvalue weighted by molar-refractivity contribution is 7.89. The molecule has 2 heterocycles. The Bertz CT molecular complexity index is 633. The molecular formula is C16H26N4O2S. The molecule has 128 valence electrons. The van der Waals surface area contributed by atoms with Crippen LogP contribution in [0.1, 0.15) is 32.6 Å². The zero-order valence-electron chi connectivity index (χ0n) is 13.7. The van der Waals surface area contributed by atoms with E-state index in [1.165, 1.54) is 31.7 Å². The number of anilines is 1. The van der Waals surface area contributed by atoms with Crippen LogP contribution in [0.25, 0.3) is 0 Å². The highest BCUT2D eigenvalue weighted by Gasteiger charge is 2.29. The largest absolute Gasteiger partial charge is 0.353 e. The standard InChI is InChI=1S/C16H26N4O2S/c1-13-4-6-14(7-5-13)19-9-11-20(12-10-19)16-15(23(17,21)22)3-2-8-18-16/h2-3,8,13-14H,4-7,9-12H2,1H3,(H2,17,21,22). The van der Waals surface area contributed by atoms with Crippen molar-refractivity contribution in [3.8, 4) is 0 Å². The van der Waals surface area contributed by atoms with Crippen molar-refractivity contribution in [3.63, 3.8) is 0 Å². The van der Waals surface area contributed by atoms with Crippen molar-refractivity contribution in [2.45, 2.75) is 43.5 Å². The van der Waals surface area contributed by atoms with Crippen LogP contribution in [0.5, 0.6) is 0 Å². The summed E-state index contributed by atoms with van der Waals surface area (Å²) in [5.41, 5.74) is 0. The van der Waals surface area contributed by atoms with Crippen molar-refractivity contribution in [1.82, 2.24) is 9.88 Å². The average molecular weight is 338 g/mol. The molecule has 1 aromatic heterocycles. The summed E-state index contributed by atoms with van der Waals surface area (Å²) >= 11 is 0. The van der Waals surface area contributed by atoms with Crippen molar-refractivity contribution < 1.29 is 8.42 Å². The second kappa shape index (κ2) is 6.75. The van der Waals surface area contributed by atoms with Crippen LogP contribution in [0.15, 0.2) is 23.2 Å². The molecule has 2 N–H and O–H groups in total. The molecule has 1 saturated carbocycles. The summed E-state index contributed by atoms with van der Waals surface area (Å²) in [4.78, 5) is 8.99. The number of aromatic nitrogens is 1. The Hall–Kier alpha value is -1.18. The van der Waals surface area contributed by atoms with Gasteiger partial charge in [0.2, 0.25) is 10.0 Å². The fourth-order valence-electron chi connectivity index (χ4n) is 3.75. The molecule has 0 amide bonds. The molecule has 6 nitrogen and oxygen atoms in total. The zero-order valence-corrected chi connectivity index (χ0v) is 14.5. The first-order valence-corrected chi connectivity index (χ1v) is 9.96. The molecule has 1 saturated heterocycles. The molecule has 23 heavy (non-hydrogen) atoms. The Labute approximate surface area is 138 Å². The van der Waals surface area contributed by atoms with Crippen LogP contribution in [-0.4, -0.2) is 50.5 Å². The van der Waals surface area contributed by atoms with E-state index in [1.54, 1.807) is 12.3 Å². The first kappa shape index (κ1) is 16.7. The van der Waals surface area contributed by atoms with Gasteiger partial charge < -0.3 is 4.90 Å². The predicted molar refractivity (Wildman–Crippen MR) is 90.8 cm³/mol. The molecule has 3 rings (SSSR count). The van der Waals surface area contributed by atoms with Crippen LogP contribution in [0.3, 0.4) is 0 Å². The molecule has 1 aliphatic heterocycles. The minimum atomic E-state index is -3.74. The fraction of sp³-hybridized carbons (Fsp3) is 0.688. The summed E-state index contributed by atoms with van der Waals surface area (Å²) in [5.74, 6) is 1.35. The van der Waals surface area contributed by atoms with E-state index in [2.05, 4.69) is 16.8 Å². The van der Waals surface area contributed by atoms with Crippen molar-refractivity contribution in [2.75, 3.05) is 31.1 Å². The lowest BCUT2D eigenvalue weighted by Crippen LogP contribution is -2.51. The van der Waals surface area contributed by atoms with Gasteiger partial charge in [-0.1, -0.05) is 6.92 Å². The molecule has 0 spiro atoms. The molecule has 0 atom stereocenters.